The Hall–Kier alpha value is -1.95. The lowest BCUT2D eigenvalue weighted by molar-refractivity contribution is 0.0709. The minimum absolute atomic E-state index is 0.201. The Morgan fingerprint density at radius 2 is 2.00 bits per heavy atom. The summed E-state index contributed by atoms with van der Waals surface area (Å²) >= 11 is 0. The molecular weight excluding hydrogens is 254 g/mol. The van der Waals surface area contributed by atoms with E-state index in [4.69, 9.17) is 10.5 Å². The van der Waals surface area contributed by atoms with Gasteiger partial charge in [-0.3, -0.25) is 0 Å². The van der Waals surface area contributed by atoms with Crippen molar-refractivity contribution in [3.8, 4) is 11.4 Å². The first-order valence-electron chi connectivity index (χ1n) is 6.74. The largest absolute Gasteiger partial charge is 0.398 e. The number of aryl methyl sites for hydroxylation is 2. The molecule has 0 unspecified atom stereocenters. The molecule has 2 aromatic rings. The van der Waals surface area contributed by atoms with Crippen LogP contribution in [-0.2, 0) is 11.3 Å². The molecule has 0 aliphatic heterocycles. The molecule has 6 heteroatoms. The summed E-state index contributed by atoms with van der Waals surface area (Å²) in [5.41, 5.74) is 9.86. The van der Waals surface area contributed by atoms with E-state index in [0.717, 1.165) is 28.2 Å². The summed E-state index contributed by atoms with van der Waals surface area (Å²) in [6.45, 7) is 9.23. The first-order valence-corrected chi connectivity index (χ1v) is 6.74. The lowest BCUT2D eigenvalue weighted by Crippen LogP contribution is -2.13. The maximum Gasteiger partial charge on any atom is 0.182 e. The molecule has 0 aliphatic rings. The fraction of sp³-hybridized carbons (Fsp3) is 0.500. The highest BCUT2D eigenvalue weighted by atomic mass is 16.5. The number of nitrogens with zero attached hydrogens (tertiary/aromatic N) is 4. The van der Waals surface area contributed by atoms with E-state index in [1.54, 1.807) is 4.68 Å². The third-order valence-corrected chi connectivity index (χ3v) is 3.14. The van der Waals surface area contributed by atoms with Gasteiger partial charge in [0.25, 0.3) is 0 Å². The van der Waals surface area contributed by atoms with Crippen molar-refractivity contribution in [3.63, 3.8) is 0 Å². The van der Waals surface area contributed by atoms with Crippen molar-refractivity contribution in [2.75, 3.05) is 12.3 Å². The first-order chi connectivity index (χ1) is 9.49. The SMILES string of the molecule is Cc1cc(C)c(-c2nnnn2CCOC(C)C)cc1N. The van der Waals surface area contributed by atoms with E-state index in [0.29, 0.717) is 13.2 Å². The van der Waals surface area contributed by atoms with Gasteiger partial charge < -0.3 is 10.5 Å². The summed E-state index contributed by atoms with van der Waals surface area (Å²) in [6, 6.07) is 3.98. The van der Waals surface area contributed by atoms with Crippen LogP contribution in [0.3, 0.4) is 0 Å². The van der Waals surface area contributed by atoms with Gasteiger partial charge in [-0.05, 0) is 55.3 Å². The van der Waals surface area contributed by atoms with Gasteiger partial charge in [0.05, 0.1) is 19.3 Å². The second-order valence-corrected chi connectivity index (χ2v) is 5.17. The summed E-state index contributed by atoms with van der Waals surface area (Å²) in [5, 5.41) is 11.9. The van der Waals surface area contributed by atoms with Gasteiger partial charge in [-0.2, -0.15) is 0 Å². The zero-order valence-electron chi connectivity index (χ0n) is 12.4. The topological polar surface area (TPSA) is 78.8 Å². The predicted octanol–water partition coefficient (Wildman–Crippen LogP) is 1.96. The van der Waals surface area contributed by atoms with Crippen molar-refractivity contribution < 1.29 is 4.74 Å². The Morgan fingerprint density at radius 1 is 1.25 bits per heavy atom. The number of rotatable bonds is 5. The van der Waals surface area contributed by atoms with E-state index in [1.807, 2.05) is 39.8 Å². The molecule has 0 bridgehead atoms. The molecule has 0 amide bonds. The molecule has 0 fully saturated rings. The van der Waals surface area contributed by atoms with Crippen molar-refractivity contribution in [1.29, 1.82) is 0 Å². The summed E-state index contributed by atoms with van der Waals surface area (Å²) in [4.78, 5) is 0. The predicted molar refractivity (Wildman–Crippen MR) is 78.2 cm³/mol. The summed E-state index contributed by atoms with van der Waals surface area (Å²) < 4.78 is 7.29. The van der Waals surface area contributed by atoms with Crippen LogP contribution in [0.15, 0.2) is 12.1 Å². The average Bonchev–Trinajstić information content (AvgIpc) is 2.81. The van der Waals surface area contributed by atoms with Gasteiger partial charge in [-0.1, -0.05) is 6.07 Å². The minimum Gasteiger partial charge on any atom is -0.398 e. The highest BCUT2D eigenvalue weighted by Gasteiger charge is 2.13. The van der Waals surface area contributed by atoms with Gasteiger partial charge in [0, 0.05) is 11.3 Å². The number of nitrogens with two attached hydrogens (primary N) is 1. The van der Waals surface area contributed by atoms with Crippen LogP contribution in [0.2, 0.25) is 0 Å². The normalized spacial score (nSPS) is 11.2. The Labute approximate surface area is 118 Å². The monoisotopic (exact) mass is 275 g/mol. The fourth-order valence-corrected chi connectivity index (χ4v) is 2.03. The molecule has 20 heavy (non-hydrogen) atoms. The lowest BCUT2D eigenvalue weighted by atomic mass is 10.0. The Kier molecular flexibility index (Phi) is 4.34. The molecular formula is C14H21N5O. The third-order valence-electron chi connectivity index (χ3n) is 3.14. The number of nitrogen functional groups attached to an aromatic ring is 1. The molecule has 2 N–H and O–H groups in total. The Bertz CT molecular complexity index is 591. The van der Waals surface area contributed by atoms with Crippen LogP contribution >= 0.6 is 0 Å². The molecule has 1 heterocycles. The van der Waals surface area contributed by atoms with Crippen LogP contribution in [0.4, 0.5) is 5.69 Å². The van der Waals surface area contributed by atoms with Crippen molar-refractivity contribution in [3.05, 3.63) is 23.3 Å². The van der Waals surface area contributed by atoms with Crippen molar-refractivity contribution >= 4 is 5.69 Å². The second kappa shape index (κ2) is 6.00. The van der Waals surface area contributed by atoms with Gasteiger partial charge >= 0.3 is 0 Å². The van der Waals surface area contributed by atoms with E-state index in [2.05, 4.69) is 15.5 Å². The summed E-state index contributed by atoms with van der Waals surface area (Å²) in [5.74, 6) is 0.724. The van der Waals surface area contributed by atoms with Crippen LogP contribution in [0.1, 0.15) is 25.0 Å². The van der Waals surface area contributed by atoms with Crippen molar-refractivity contribution in [2.24, 2.45) is 0 Å². The lowest BCUT2D eigenvalue weighted by Gasteiger charge is -2.11. The standard InChI is InChI=1S/C14H21N5O/c1-9(2)20-6-5-19-14(16-17-18-19)12-8-13(15)11(4)7-10(12)3/h7-9H,5-6,15H2,1-4H3. The van der Waals surface area contributed by atoms with Gasteiger partial charge in [0.2, 0.25) is 0 Å². The minimum atomic E-state index is 0.201. The van der Waals surface area contributed by atoms with Crippen LogP contribution < -0.4 is 5.73 Å². The maximum absolute atomic E-state index is 5.98. The number of hydrogen-bond donors (Lipinski definition) is 1. The average molecular weight is 275 g/mol. The number of ether oxygens (including phenoxy) is 1. The Balaban J connectivity index is 2.25. The highest BCUT2D eigenvalue weighted by molar-refractivity contribution is 5.67. The molecule has 2 rings (SSSR count). The zero-order valence-corrected chi connectivity index (χ0v) is 12.4. The number of benzene rings is 1. The van der Waals surface area contributed by atoms with Crippen molar-refractivity contribution in [2.45, 2.75) is 40.3 Å². The zero-order chi connectivity index (χ0) is 14.7. The molecule has 6 nitrogen and oxygen atoms in total. The van der Waals surface area contributed by atoms with E-state index in [1.165, 1.54) is 0 Å². The molecule has 0 atom stereocenters. The van der Waals surface area contributed by atoms with E-state index >= 15 is 0 Å². The van der Waals surface area contributed by atoms with Crippen LogP contribution in [-0.4, -0.2) is 32.9 Å². The fourth-order valence-electron chi connectivity index (χ4n) is 2.03. The molecule has 0 spiro atoms. The Morgan fingerprint density at radius 3 is 2.70 bits per heavy atom. The van der Waals surface area contributed by atoms with Gasteiger partial charge in [-0.25, -0.2) is 4.68 Å². The second-order valence-electron chi connectivity index (χ2n) is 5.17. The van der Waals surface area contributed by atoms with Crippen LogP contribution in [0.5, 0.6) is 0 Å². The molecule has 1 aromatic carbocycles. The molecule has 1 aromatic heterocycles. The highest BCUT2D eigenvalue weighted by Crippen LogP contribution is 2.25. The van der Waals surface area contributed by atoms with E-state index < -0.39 is 0 Å². The maximum atomic E-state index is 5.98. The number of aromatic nitrogens is 4. The van der Waals surface area contributed by atoms with Gasteiger partial charge in [0.1, 0.15) is 0 Å². The van der Waals surface area contributed by atoms with E-state index in [9.17, 15) is 0 Å². The molecule has 0 saturated heterocycles. The van der Waals surface area contributed by atoms with Gasteiger partial charge in [0.15, 0.2) is 5.82 Å². The number of tetrazole rings is 1. The van der Waals surface area contributed by atoms with Crippen LogP contribution in [0.25, 0.3) is 11.4 Å². The smallest absolute Gasteiger partial charge is 0.182 e. The van der Waals surface area contributed by atoms with Crippen LogP contribution in [0, 0.1) is 13.8 Å². The summed E-state index contributed by atoms with van der Waals surface area (Å²) in [6.07, 6.45) is 0.201. The van der Waals surface area contributed by atoms with Gasteiger partial charge in [-0.15, -0.1) is 5.10 Å². The molecule has 0 saturated carbocycles. The summed E-state index contributed by atoms with van der Waals surface area (Å²) in [7, 11) is 0. The first kappa shape index (κ1) is 14.5. The molecule has 0 radical (unpaired) electrons. The molecule has 0 aliphatic carbocycles. The quantitative estimate of drug-likeness (QED) is 0.844. The molecule has 108 valence electrons. The van der Waals surface area contributed by atoms with Crippen molar-refractivity contribution in [1.82, 2.24) is 20.2 Å². The number of anilines is 1. The van der Waals surface area contributed by atoms with E-state index in [-0.39, 0.29) is 6.10 Å². The third kappa shape index (κ3) is 3.14. The number of hydrogen-bond acceptors (Lipinski definition) is 5.